The summed E-state index contributed by atoms with van der Waals surface area (Å²) in [5.74, 6) is 0. The largest absolute Gasteiger partial charge is 0.465 e. The highest BCUT2D eigenvalue weighted by Crippen LogP contribution is 2.18. The van der Waals surface area contributed by atoms with E-state index in [1.807, 2.05) is 0 Å². The van der Waals surface area contributed by atoms with Crippen molar-refractivity contribution >= 4 is 29.0 Å². The van der Waals surface area contributed by atoms with Gasteiger partial charge in [0.2, 0.25) is 0 Å². The first kappa shape index (κ1) is 12.3. The van der Waals surface area contributed by atoms with Crippen LogP contribution < -0.4 is 5.73 Å². The molecule has 1 aromatic heterocycles. The Hall–Kier alpha value is -0.810. The fourth-order valence-corrected chi connectivity index (χ4v) is 1.78. The minimum Gasteiger partial charge on any atom is -0.465 e. The molecule has 0 saturated heterocycles. The summed E-state index contributed by atoms with van der Waals surface area (Å²) in [5.41, 5.74) is 5.55. The van der Waals surface area contributed by atoms with Crippen molar-refractivity contribution in [2.24, 2.45) is 10.7 Å². The van der Waals surface area contributed by atoms with Gasteiger partial charge in [-0.25, -0.2) is 9.98 Å². The number of hydrogen-bond donors (Lipinski definition) is 1. The van der Waals surface area contributed by atoms with E-state index < -0.39 is 0 Å². The number of thiazole rings is 1. The third-order valence-corrected chi connectivity index (χ3v) is 2.76. The number of amidine groups is 1. The van der Waals surface area contributed by atoms with Crippen LogP contribution in [0.3, 0.4) is 0 Å². The molecule has 0 aromatic carbocycles. The van der Waals surface area contributed by atoms with Gasteiger partial charge in [0, 0.05) is 11.1 Å². The van der Waals surface area contributed by atoms with Crippen LogP contribution in [0.4, 0.5) is 0 Å². The maximum atomic E-state index is 5.67. The van der Waals surface area contributed by atoms with Gasteiger partial charge in [0.05, 0.1) is 13.2 Å². The van der Waals surface area contributed by atoms with Gasteiger partial charge < -0.3 is 10.5 Å². The van der Waals surface area contributed by atoms with Crippen molar-refractivity contribution < 1.29 is 4.74 Å². The molecule has 1 heterocycles. The van der Waals surface area contributed by atoms with E-state index in [1.165, 1.54) is 11.3 Å². The lowest BCUT2D eigenvalue weighted by Gasteiger charge is -2.02. The van der Waals surface area contributed by atoms with Gasteiger partial charge >= 0.3 is 0 Å². The van der Waals surface area contributed by atoms with E-state index in [9.17, 15) is 0 Å². The molecule has 0 aliphatic rings. The van der Waals surface area contributed by atoms with Gasteiger partial charge in [0.1, 0.15) is 0 Å². The molecule has 0 radical (unpaired) electrons. The number of aromatic nitrogens is 1. The average molecular weight is 248 g/mol. The summed E-state index contributed by atoms with van der Waals surface area (Å²) in [7, 11) is 0. The zero-order chi connectivity index (χ0) is 11.1. The lowest BCUT2D eigenvalue weighted by atomic mass is 10.4. The van der Waals surface area contributed by atoms with Crippen molar-refractivity contribution in [1.29, 1.82) is 0 Å². The average Bonchev–Trinajstić information content (AvgIpc) is 2.62. The van der Waals surface area contributed by atoms with Gasteiger partial charge in [-0.05, 0) is 6.42 Å². The molecule has 4 nitrogen and oxygen atoms in total. The van der Waals surface area contributed by atoms with Crippen LogP contribution in [0, 0.1) is 0 Å². The predicted octanol–water partition coefficient (Wildman–Crippen LogP) is 2.43. The summed E-state index contributed by atoms with van der Waals surface area (Å²) in [4.78, 5) is 8.94. The van der Waals surface area contributed by atoms with Gasteiger partial charge in [-0.3, -0.25) is 0 Å². The van der Waals surface area contributed by atoms with Gasteiger partial charge in [0.15, 0.2) is 4.47 Å². The summed E-state index contributed by atoms with van der Waals surface area (Å²) in [6, 6.07) is 0.230. The molecule has 0 fully saturated rings. The van der Waals surface area contributed by atoms with Crippen LogP contribution in [0.2, 0.25) is 4.47 Å². The van der Waals surface area contributed by atoms with Crippen molar-refractivity contribution in [3.8, 4) is 0 Å². The topological polar surface area (TPSA) is 60.5 Å². The monoisotopic (exact) mass is 247 g/mol. The highest BCUT2D eigenvalue weighted by Gasteiger charge is 1.99. The van der Waals surface area contributed by atoms with E-state index in [-0.39, 0.29) is 6.02 Å². The van der Waals surface area contributed by atoms with Gasteiger partial charge in [-0.15, -0.1) is 11.3 Å². The molecule has 15 heavy (non-hydrogen) atoms. The van der Waals surface area contributed by atoms with E-state index >= 15 is 0 Å². The molecule has 0 bridgehead atoms. The Bertz CT molecular complexity index is 327. The molecule has 0 amide bonds. The normalized spacial score (nSPS) is 11.7. The molecular formula is C9H14ClN3OS. The number of rotatable bonds is 5. The highest BCUT2D eigenvalue weighted by atomic mass is 35.5. The van der Waals surface area contributed by atoms with Crippen LogP contribution in [0.5, 0.6) is 0 Å². The van der Waals surface area contributed by atoms with Crippen LogP contribution >= 0.6 is 22.9 Å². The van der Waals surface area contributed by atoms with Gasteiger partial charge in [0.25, 0.3) is 6.02 Å². The Labute approximate surface area is 98.1 Å². The molecule has 0 atom stereocenters. The van der Waals surface area contributed by atoms with E-state index in [0.29, 0.717) is 17.6 Å². The molecular weight excluding hydrogens is 234 g/mol. The van der Waals surface area contributed by atoms with Crippen LogP contribution in [0.1, 0.15) is 24.6 Å². The fraction of sp³-hybridized carbons (Fsp3) is 0.556. The van der Waals surface area contributed by atoms with E-state index in [1.54, 1.807) is 6.20 Å². The molecule has 1 aromatic rings. The maximum Gasteiger partial charge on any atom is 0.282 e. The zero-order valence-electron chi connectivity index (χ0n) is 8.57. The van der Waals surface area contributed by atoms with Crippen LogP contribution in [-0.2, 0) is 11.3 Å². The second-order valence-electron chi connectivity index (χ2n) is 2.94. The Kier molecular flexibility index (Phi) is 5.42. The fourth-order valence-electron chi connectivity index (χ4n) is 0.879. The zero-order valence-corrected chi connectivity index (χ0v) is 10.1. The Morgan fingerprint density at radius 2 is 2.53 bits per heavy atom. The molecule has 1 rings (SSSR count). The van der Waals surface area contributed by atoms with Gasteiger partial charge in [-0.2, -0.15) is 0 Å². The van der Waals surface area contributed by atoms with Crippen molar-refractivity contribution in [2.75, 3.05) is 6.61 Å². The molecule has 0 unspecified atom stereocenters. The molecule has 0 aliphatic heterocycles. The predicted molar refractivity (Wildman–Crippen MR) is 63.3 cm³/mol. The Balaban J connectivity index is 2.30. The van der Waals surface area contributed by atoms with E-state index in [4.69, 9.17) is 22.1 Å². The quantitative estimate of drug-likeness (QED) is 0.494. The Morgan fingerprint density at radius 1 is 1.73 bits per heavy atom. The summed E-state index contributed by atoms with van der Waals surface area (Å²) in [6.45, 7) is 3.19. The number of aliphatic imine (C=N–C) groups is 1. The lowest BCUT2D eigenvalue weighted by molar-refractivity contribution is 0.290. The lowest BCUT2D eigenvalue weighted by Crippen LogP contribution is -2.17. The molecule has 0 aliphatic carbocycles. The second kappa shape index (κ2) is 6.63. The van der Waals surface area contributed by atoms with Crippen LogP contribution in [0.25, 0.3) is 0 Å². The van der Waals surface area contributed by atoms with Crippen molar-refractivity contribution in [2.45, 2.75) is 26.3 Å². The van der Waals surface area contributed by atoms with E-state index in [0.717, 1.165) is 17.7 Å². The maximum absolute atomic E-state index is 5.67. The Morgan fingerprint density at radius 3 is 3.13 bits per heavy atom. The van der Waals surface area contributed by atoms with Crippen LogP contribution in [-0.4, -0.2) is 17.6 Å². The summed E-state index contributed by atoms with van der Waals surface area (Å²) < 4.78 is 5.71. The first-order valence-corrected chi connectivity index (χ1v) is 5.94. The molecule has 6 heteroatoms. The summed E-state index contributed by atoms with van der Waals surface area (Å²) in [5, 5.41) is 0. The minimum atomic E-state index is 0.230. The number of nitrogens with two attached hydrogens (primary N) is 1. The molecule has 0 saturated carbocycles. The highest BCUT2D eigenvalue weighted by molar-refractivity contribution is 7.15. The third-order valence-electron chi connectivity index (χ3n) is 1.66. The van der Waals surface area contributed by atoms with E-state index in [2.05, 4.69) is 16.9 Å². The number of unbranched alkanes of at least 4 members (excludes halogenated alkanes) is 1. The SMILES string of the molecule is CCCCOC(N)=NCc1cnc(Cl)s1. The first-order valence-electron chi connectivity index (χ1n) is 4.75. The van der Waals surface area contributed by atoms with Crippen molar-refractivity contribution in [3.63, 3.8) is 0 Å². The number of ether oxygens (including phenoxy) is 1. The summed E-state index contributed by atoms with van der Waals surface area (Å²) in [6.07, 6.45) is 3.76. The third kappa shape index (κ3) is 4.99. The molecule has 84 valence electrons. The first-order chi connectivity index (χ1) is 7.22. The molecule has 0 spiro atoms. The minimum absolute atomic E-state index is 0.230. The smallest absolute Gasteiger partial charge is 0.282 e. The number of halogens is 1. The van der Waals surface area contributed by atoms with Crippen molar-refractivity contribution in [3.05, 3.63) is 15.5 Å². The van der Waals surface area contributed by atoms with Crippen LogP contribution in [0.15, 0.2) is 11.2 Å². The number of hydrogen-bond acceptors (Lipinski definition) is 4. The second-order valence-corrected chi connectivity index (χ2v) is 4.63. The number of nitrogens with zero attached hydrogens (tertiary/aromatic N) is 2. The standard InChI is InChI=1S/C9H14ClN3OS/c1-2-3-4-14-9(11)13-6-7-5-12-8(10)15-7/h5H,2-4,6H2,1H3,(H2,11,13). The van der Waals surface area contributed by atoms with Crippen molar-refractivity contribution in [1.82, 2.24) is 4.98 Å². The summed E-state index contributed by atoms with van der Waals surface area (Å²) >= 11 is 7.07. The van der Waals surface area contributed by atoms with Gasteiger partial charge in [-0.1, -0.05) is 24.9 Å². The molecule has 2 N–H and O–H groups in total.